The lowest BCUT2D eigenvalue weighted by molar-refractivity contribution is -0.132. The van der Waals surface area contributed by atoms with Crippen LogP contribution in [0.3, 0.4) is 0 Å². The third kappa shape index (κ3) is 5.41. The minimum atomic E-state index is 0.00662. The summed E-state index contributed by atoms with van der Waals surface area (Å²) in [5, 5.41) is 5.35. The van der Waals surface area contributed by atoms with Crippen LogP contribution in [-0.2, 0) is 4.79 Å². The maximum Gasteiger partial charge on any atom is 0.254 e. The number of nitrogens with zero attached hydrogens (tertiary/aromatic N) is 6. The van der Waals surface area contributed by atoms with Crippen molar-refractivity contribution < 1.29 is 9.59 Å². The molecule has 0 aromatic carbocycles. The Morgan fingerprint density at radius 2 is 1.89 bits per heavy atom. The van der Waals surface area contributed by atoms with Gasteiger partial charge in [-0.2, -0.15) is 5.10 Å². The van der Waals surface area contributed by atoms with E-state index in [-0.39, 0.29) is 17.9 Å². The van der Waals surface area contributed by atoms with Gasteiger partial charge in [-0.1, -0.05) is 0 Å². The van der Waals surface area contributed by atoms with Crippen LogP contribution in [0.1, 0.15) is 55.4 Å². The molecule has 1 aliphatic heterocycles. The van der Waals surface area contributed by atoms with Gasteiger partial charge in [0.2, 0.25) is 5.91 Å². The molecule has 0 bridgehead atoms. The maximum absolute atomic E-state index is 13.8. The summed E-state index contributed by atoms with van der Waals surface area (Å²) in [6.07, 6.45) is 2.61. The van der Waals surface area contributed by atoms with Crippen LogP contribution < -0.4 is 0 Å². The van der Waals surface area contributed by atoms with Crippen LogP contribution in [0.5, 0.6) is 0 Å². The van der Waals surface area contributed by atoms with Gasteiger partial charge in [0.25, 0.3) is 5.91 Å². The van der Waals surface area contributed by atoms with Gasteiger partial charge in [0.1, 0.15) is 0 Å². The quantitative estimate of drug-likeness (QED) is 0.493. The molecule has 0 N–H and O–H groups in total. The number of hydrogen-bond acceptors (Lipinski definition) is 6. The summed E-state index contributed by atoms with van der Waals surface area (Å²) in [7, 11) is 0. The van der Waals surface area contributed by atoms with Gasteiger partial charge in [0.15, 0.2) is 5.65 Å². The summed E-state index contributed by atoms with van der Waals surface area (Å²) in [4.78, 5) is 39.6. The highest BCUT2D eigenvalue weighted by atomic mass is 32.1. The number of fused-ring (bicyclic) bond motifs is 1. The number of pyridine rings is 1. The Morgan fingerprint density at radius 3 is 2.54 bits per heavy atom. The van der Waals surface area contributed by atoms with E-state index in [1.807, 2.05) is 34.4 Å². The van der Waals surface area contributed by atoms with Crippen molar-refractivity contribution in [2.24, 2.45) is 0 Å². The number of carbonyl (C=O) groups is 2. The van der Waals surface area contributed by atoms with E-state index in [1.165, 1.54) is 4.88 Å². The van der Waals surface area contributed by atoms with E-state index < -0.39 is 0 Å². The molecule has 3 aromatic rings. The SMILES string of the molecule is CCN(CC)C(=O)CN1CCCN(C(=O)c2cc(-c3ccc(C)s3)nc3c2cnn3C(C)C)CC1. The van der Waals surface area contributed by atoms with Crippen LogP contribution in [0.4, 0.5) is 0 Å². The third-order valence-corrected chi connectivity index (χ3v) is 7.65. The molecular formula is C26H36N6O2S. The van der Waals surface area contributed by atoms with Crippen LogP contribution in [0.25, 0.3) is 21.6 Å². The highest BCUT2D eigenvalue weighted by molar-refractivity contribution is 7.15. The molecule has 0 radical (unpaired) electrons. The third-order valence-electron chi connectivity index (χ3n) is 6.63. The second-order valence-electron chi connectivity index (χ2n) is 9.37. The van der Waals surface area contributed by atoms with E-state index in [0.717, 1.165) is 47.7 Å². The zero-order chi connectivity index (χ0) is 25.1. The van der Waals surface area contributed by atoms with Crippen LogP contribution in [0.2, 0.25) is 0 Å². The Hall–Kier alpha value is -2.78. The molecule has 0 spiro atoms. The number of thiophene rings is 1. The molecule has 0 unspecified atom stereocenters. The van der Waals surface area contributed by atoms with Crippen LogP contribution >= 0.6 is 11.3 Å². The predicted octanol–water partition coefficient (Wildman–Crippen LogP) is 4.07. The number of rotatable bonds is 7. The zero-order valence-electron chi connectivity index (χ0n) is 21.5. The molecule has 9 heteroatoms. The average molecular weight is 497 g/mol. The summed E-state index contributed by atoms with van der Waals surface area (Å²) in [6, 6.07) is 6.21. The van der Waals surface area contributed by atoms with Gasteiger partial charge in [-0.3, -0.25) is 14.5 Å². The van der Waals surface area contributed by atoms with Crippen molar-refractivity contribution in [3.8, 4) is 10.6 Å². The molecule has 188 valence electrons. The summed E-state index contributed by atoms with van der Waals surface area (Å²) in [5.74, 6) is 0.162. The van der Waals surface area contributed by atoms with E-state index in [1.54, 1.807) is 17.5 Å². The molecule has 4 heterocycles. The van der Waals surface area contributed by atoms with E-state index in [4.69, 9.17) is 4.98 Å². The first-order chi connectivity index (χ1) is 16.8. The molecule has 1 aliphatic rings. The second kappa shape index (κ2) is 10.9. The molecule has 0 atom stereocenters. The summed E-state index contributed by atoms with van der Waals surface area (Å²) in [5.41, 5.74) is 2.20. The van der Waals surface area contributed by atoms with Crippen molar-refractivity contribution in [3.05, 3.63) is 34.8 Å². The molecule has 1 fully saturated rings. The number of aryl methyl sites for hydroxylation is 1. The summed E-state index contributed by atoms with van der Waals surface area (Å²) in [6.45, 7) is 14.9. The number of carbonyl (C=O) groups excluding carboxylic acids is 2. The van der Waals surface area contributed by atoms with Gasteiger partial charge >= 0.3 is 0 Å². The van der Waals surface area contributed by atoms with Crippen molar-refractivity contribution in [2.75, 3.05) is 45.8 Å². The largest absolute Gasteiger partial charge is 0.342 e. The fourth-order valence-corrected chi connectivity index (χ4v) is 5.47. The Kier molecular flexibility index (Phi) is 7.86. The standard InChI is InChI=1S/C26H36N6O2S/c1-6-30(7-2)24(33)17-29-11-8-12-31(14-13-29)26(34)20-15-22(23-10-9-19(5)35-23)28-25-21(20)16-27-32(25)18(3)4/h9-10,15-16,18H,6-8,11-14,17H2,1-5H3. The number of hydrogen-bond donors (Lipinski definition) is 0. The second-order valence-corrected chi connectivity index (χ2v) is 10.7. The molecule has 0 saturated carbocycles. The Bertz CT molecular complexity index is 1200. The van der Waals surface area contributed by atoms with Crippen LogP contribution in [0.15, 0.2) is 24.4 Å². The molecule has 4 rings (SSSR count). The number of amides is 2. The minimum absolute atomic E-state index is 0.00662. The first kappa shape index (κ1) is 25.3. The molecule has 2 amide bonds. The van der Waals surface area contributed by atoms with E-state index in [9.17, 15) is 9.59 Å². The van der Waals surface area contributed by atoms with Crippen LogP contribution in [0, 0.1) is 6.92 Å². The molecule has 0 aliphatic carbocycles. The predicted molar refractivity (Wildman–Crippen MR) is 141 cm³/mol. The topological polar surface area (TPSA) is 74.6 Å². The first-order valence-electron chi connectivity index (χ1n) is 12.6. The highest BCUT2D eigenvalue weighted by Crippen LogP contribution is 2.31. The average Bonchev–Trinajstić information content (AvgIpc) is 3.40. The van der Waals surface area contributed by atoms with Crippen molar-refractivity contribution in [3.63, 3.8) is 0 Å². The summed E-state index contributed by atoms with van der Waals surface area (Å²) >= 11 is 1.68. The molecule has 3 aromatic heterocycles. The van der Waals surface area contributed by atoms with Gasteiger partial charge in [-0.05, 0) is 59.2 Å². The highest BCUT2D eigenvalue weighted by Gasteiger charge is 2.26. The van der Waals surface area contributed by atoms with Gasteiger partial charge < -0.3 is 9.80 Å². The monoisotopic (exact) mass is 496 g/mol. The normalized spacial score (nSPS) is 15.1. The number of aromatic nitrogens is 3. The Balaban J connectivity index is 1.60. The van der Waals surface area contributed by atoms with Crippen molar-refractivity contribution >= 4 is 34.2 Å². The van der Waals surface area contributed by atoms with Crippen molar-refractivity contribution in [1.82, 2.24) is 29.5 Å². The minimum Gasteiger partial charge on any atom is -0.342 e. The number of likely N-dealkylation sites (N-methyl/N-ethyl adjacent to an activating group) is 1. The fourth-order valence-electron chi connectivity index (χ4n) is 4.64. The summed E-state index contributed by atoms with van der Waals surface area (Å²) < 4.78 is 1.89. The lowest BCUT2D eigenvalue weighted by atomic mass is 10.1. The van der Waals surface area contributed by atoms with Crippen molar-refractivity contribution in [2.45, 2.75) is 47.1 Å². The molecule has 1 saturated heterocycles. The van der Waals surface area contributed by atoms with Crippen LogP contribution in [-0.4, -0.2) is 87.1 Å². The van der Waals surface area contributed by atoms with E-state index in [2.05, 4.69) is 42.9 Å². The zero-order valence-corrected chi connectivity index (χ0v) is 22.3. The lowest BCUT2D eigenvalue weighted by Crippen LogP contribution is -2.42. The molecule has 8 nitrogen and oxygen atoms in total. The van der Waals surface area contributed by atoms with Crippen molar-refractivity contribution in [1.29, 1.82) is 0 Å². The van der Waals surface area contributed by atoms with E-state index >= 15 is 0 Å². The van der Waals surface area contributed by atoms with Gasteiger partial charge in [0, 0.05) is 50.2 Å². The van der Waals surface area contributed by atoms with E-state index in [0.29, 0.717) is 31.7 Å². The molecular weight excluding hydrogens is 460 g/mol. The fraction of sp³-hybridized carbons (Fsp3) is 0.538. The Labute approximate surface area is 211 Å². The Morgan fingerprint density at radius 1 is 1.11 bits per heavy atom. The first-order valence-corrected chi connectivity index (χ1v) is 13.4. The maximum atomic E-state index is 13.8. The lowest BCUT2D eigenvalue weighted by Gasteiger charge is -2.25. The van der Waals surface area contributed by atoms with Gasteiger partial charge in [-0.25, -0.2) is 9.67 Å². The molecule has 35 heavy (non-hydrogen) atoms. The smallest absolute Gasteiger partial charge is 0.254 e. The van der Waals surface area contributed by atoms with Gasteiger partial charge in [-0.15, -0.1) is 11.3 Å². The van der Waals surface area contributed by atoms with Gasteiger partial charge in [0.05, 0.1) is 34.3 Å².